The Hall–Kier alpha value is -2.69. The smallest absolute Gasteiger partial charge is 0.253 e. The summed E-state index contributed by atoms with van der Waals surface area (Å²) in [5.41, 5.74) is 1.50. The molecule has 2 aromatic rings. The summed E-state index contributed by atoms with van der Waals surface area (Å²) in [5.74, 6) is -0.775. The van der Waals surface area contributed by atoms with E-state index in [2.05, 4.69) is 5.32 Å². The highest BCUT2D eigenvalue weighted by Gasteiger charge is 2.29. The van der Waals surface area contributed by atoms with Gasteiger partial charge >= 0.3 is 0 Å². The summed E-state index contributed by atoms with van der Waals surface area (Å²) >= 11 is 0. The quantitative estimate of drug-likeness (QED) is 0.913. The molecule has 0 bridgehead atoms. The minimum Gasteiger partial charge on any atom is -0.349 e. The molecule has 4 nitrogen and oxygen atoms in total. The normalized spacial score (nSPS) is 18.2. The van der Waals surface area contributed by atoms with Gasteiger partial charge in [0.15, 0.2) is 0 Å². The van der Waals surface area contributed by atoms with E-state index in [9.17, 15) is 14.0 Å². The van der Waals surface area contributed by atoms with E-state index in [4.69, 9.17) is 0 Å². The van der Waals surface area contributed by atoms with Crippen molar-refractivity contribution in [3.05, 3.63) is 71.5 Å². The summed E-state index contributed by atoms with van der Waals surface area (Å²) in [7, 11) is 0. The average molecular weight is 354 g/mol. The van der Waals surface area contributed by atoms with Gasteiger partial charge in [0.1, 0.15) is 5.82 Å². The van der Waals surface area contributed by atoms with E-state index >= 15 is 0 Å². The molecule has 1 aliphatic heterocycles. The van der Waals surface area contributed by atoms with E-state index in [0.29, 0.717) is 18.7 Å². The number of benzene rings is 2. The molecule has 0 radical (unpaired) electrons. The number of halogens is 1. The lowest BCUT2D eigenvalue weighted by Crippen LogP contribution is -2.45. The molecule has 3 rings (SSSR count). The molecule has 0 aliphatic carbocycles. The van der Waals surface area contributed by atoms with E-state index in [0.717, 1.165) is 18.4 Å². The largest absolute Gasteiger partial charge is 0.349 e. The Morgan fingerprint density at radius 3 is 2.50 bits per heavy atom. The van der Waals surface area contributed by atoms with Crippen molar-refractivity contribution in [2.45, 2.75) is 25.8 Å². The first kappa shape index (κ1) is 18.1. The van der Waals surface area contributed by atoms with Crippen LogP contribution in [0.15, 0.2) is 54.6 Å². The second-order valence-electron chi connectivity index (χ2n) is 6.74. The molecule has 1 fully saturated rings. The van der Waals surface area contributed by atoms with Crippen LogP contribution in [-0.2, 0) is 4.79 Å². The number of piperidine rings is 1. The van der Waals surface area contributed by atoms with Gasteiger partial charge < -0.3 is 10.2 Å². The van der Waals surface area contributed by atoms with E-state index in [1.165, 1.54) is 24.3 Å². The van der Waals surface area contributed by atoms with E-state index in [1.54, 1.807) is 4.90 Å². The number of carbonyl (C=O) groups is 2. The van der Waals surface area contributed by atoms with Gasteiger partial charge in [0.05, 0.1) is 12.0 Å². The van der Waals surface area contributed by atoms with Crippen molar-refractivity contribution < 1.29 is 14.0 Å². The van der Waals surface area contributed by atoms with Crippen LogP contribution in [-0.4, -0.2) is 29.8 Å². The Balaban J connectivity index is 1.61. The fourth-order valence-electron chi connectivity index (χ4n) is 3.31. The van der Waals surface area contributed by atoms with Gasteiger partial charge in [0, 0.05) is 18.7 Å². The monoisotopic (exact) mass is 354 g/mol. The first-order valence-electron chi connectivity index (χ1n) is 8.95. The lowest BCUT2D eigenvalue weighted by atomic mass is 9.95. The van der Waals surface area contributed by atoms with Crippen LogP contribution in [0.2, 0.25) is 0 Å². The third-order valence-electron chi connectivity index (χ3n) is 4.83. The third-order valence-corrected chi connectivity index (χ3v) is 4.83. The fraction of sp³-hybridized carbons (Fsp3) is 0.333. The van der Waals surface area contributed by atoms with Crippen LogP contribution >= 0.6 is 0 Å². The lowest BCUT2D eigenvalue weighted by molar-refractivity contribution is -0.127. The molecule has 0 spiro atoms. The first-order chi connectivity index (χ1) is 12.5. The van der Waals surface area contributed by atoms with Crippen molar-refractivity contribution in [2.24, 2.45) is 5.92 Å². The lowest BCUT2D eigenvalue weighted by Gasteiger charge is -2.32. The van der Waals surface area contributed by atoms with Crippen LogP contribution in [0.25, 0.3) is 0 Å². The minimum atomic E-state index is -0.368. The van der Waals surface area contributed by atoms with E-state index in [1.807, 2.05) is 37.3 Å². The van der Waals surface area contributed by atoms with E-state index < -0.39 is 0 Å². The second-order valence-corrected chi connectivity index (χ2v) is 6.74. The Labute approximate surface area is 153 Å². The maximum absolute atomic E-state index is 13.0. The van der Waals surface area contributed by atoms with Gasteiger partial charge in [0.25, 0.3) is 5.91 Å². The van der Waals surface area contributed by atoms with Crippen molar-refractivity contribution >= 4 is 11.8 Å². The Bertz CT molecular complexity index is 761. The zero-order valence-electron chi connectivity index (χ0n) is 14.8. The average Bonchev–Trinajstić information content (AvgIpc) is 2.68. The van der Waals surface area contributed by atoms with Gasteiger partial charge in [-0.05, 0) is 49.6 Å². The topological polar surface area (TPSA) is 49.4 Å². The van der Waals surface area contributed by atoms with Gasteiger partial charge in [-0.15, -0.1) is 0 Å². The van der Waals surface area contributed by atoms with Crippen LogP contribution in [0.5, 0.6) is 0 Å². The molecular formula is C21H23FN2O2. The maximum Gasteiger partial charge on any atom is 0.253 e. The molecule has 0 saturated carbocycles. The predicted octanol–water partition coefficient (Wildman–Crippen LogP) is 3.56. The molecule has 5 heteroatoms. The number of hydrogen-bond donors (Lipinski definition) is 1. The molecule has 0 unspecified atom stereocenters. The number of nitrogens with zero attached hydrogens (tertiary/aromatic N) is 1. The molecule has 0 aromatic heterocycles. The summed E-state index contributed by atoms with van der Waals surface area (Å²) in [6.45, 7) is 2.97. The van der Waals surface area contributed by atoms with Crippen LogP contribution in [0.3, 0.4) is 0 Å². The fourth-order valence-corrected chi connectivity index (χ4v) is 3.31. The molecule has 136 valence electrons. The van der Waals surface area contributed by atoms with E-state index in [-0.39, 0.29) is 29.6 Å². The molecule has 2 atom stereocenters. The SMILES string of the molecule is C[C@@H](NC(=O)[C@@H]1CCCN(C(=O)c2ccc(F)cc2)C1)c1ccccc1. The van der Waals surface area contributed by atoms with Crippen LogP contribution in [0.4, 0.5) is 4.39 Å². The number of rotatable bonds is 4. The summed E-state index contributed by atoms with van der Waals surface area (Å²) in [4.78, 5) is 26.9. The predicted molar refractivity (Wildman–Crippen MR) is 98.0 cm³/mol. The van der Waals surface area contributed by atoms with Gasteiger partial charge in [0.2, 0.25) is 5.91 Å². The number of nitrogens with one attached hydrogen (secondary N) is 1. The van der Waals surface area contributed by atoms with Gasteiger partial charge in [-0.25, -0.2) is 4.39 Å². The number of likely N-dealkylation sites (tertiary alicyclic amines) is 1. The van der Waals surface area contributed by atoms with Crippen molar-refractivity contribution in [3.63, 3.8) is 0 Å². The summed E-state index contributed by atoms with van der Waals surface area (Å²) in [5, 5.41) is 3.05. The summed E-state index contributed by atoms with van der Waals surface area (Å²) in [6.07, 6.45) is 1.55. The standard InChI is InChI=1S/C21H23FN2O2/c1-15(16-6-3-2-4-7-16)23-20(25)18-8-5-13-24(14-18)21(26)17-9-11-19(22)12-10-17/h2-4,6-7,9-12,15,18H,5,8,13-14H2,1H3,(H,23,25)/t15-,18-/m1/s1. The zero-order chi connectivity index (χ0) is 18.5. The number of hydrogen-bond acceptors (Lipinski definition) is 2. The zero-order valence-corrected chi connectivity index (χ0v) is 14.8. The van der Waals surface area contributed by atoms with Crippen LogP contribution in [0.1, 0.15) is 41.7 Å². The Kier molecular flexibility index (Phi) is 5.66. The van der Waals surface area contributed by atoms with Gasteiger partial charge in [-0.3, -0.25) is 9.59 Å². The van der Waals surface area contributed by atoms with Crippen molar-refractivity contribution in [2.75, 3.05) is 13.1 Å². The van der Waals surface area contributed by atoms with Crippen LogP contribution in [0, 0.1) is 11.7 Å². The summed E-state index contributed by atoms with van der Waals surface area (Å²) < 4.78 is 13.0. The van der Waals surface area contributed by atoms with Crippen molar-refractivity contribution in [3.8, 4) is 0 Å². The maximum atomic E-state index is 13.0. The highest BCUT2D eigenvalue weighted by Crippen LogP contribution is 2.21. The number of carbonyl (C=O) groups excluding carboxylic acids is 2. The molecule has 1 saturated heterocycles. The van der Waals surface area contributed by atoms with Gasteiger partial charge in [-0.2, -0.15) is 0 Å². The van der Waals surface area contributed by atoms with Crippen molar-refractivity contribution in [1.29, 1.82) is 0 Å². The van der Waals surface area contributed by atoms with Gasteiger partial charge in [-0.1, -0.05) is 30.3 Å². The van der Waals surface area contributed by atoms with Crippen molar-refractivity contribution in [1.82, 2.24) is 10.2 Å². The second kappa shape index (κ2) is 8.13. The minimum absolute atomic E-state index is 0.0297. The van der Waals surface area contributed by atoms with Crippen LogP contribution < -0.4 is 5.32 Å². The molecule has 1 aliphatic rings. The molecule has 1 N–H and O–H groups in total. The highest BCUT2D eigenvalue weighted by molar-refractivity contribution is 5.94. The third kappa shape index (κ3) is 4.28. The molecule has 2 amide bonds. The molecule has 26 heavy (non-hydrogen) atoms. The summed E-state index contributed by atoms with van der Waals surface area (Å²) in [6, 6.07) is 15.3. The number of amides is 2. The molecule has 1 heterocycles. The molecule has 2 aromatic carbocycles. The highest BCUT2D eigenvalue weighted by atomic mass is 19.1. The Morgan fingerprint density at radius 1 is 1.12 bits per heavy atom. The molecular weight excluding hydrogens is 331 g/mol. The first-order valence-corrected chi connectivity index (χ1v) is 8.95. The Morgan fingerprint density at radius 2 is 1.81 bits per heavy atom.